The van der Waals surface area contributed by atoms with Crippen molar-refractivity contribution in [2.75, 3.05) is 20.2 Å². The zero-order chi connectivity index (χ0) is 17.2. The molecule has 1 aromatic carbocycles. The number of hydrogen-bond acceptors (Lipinski definition) is 4. The van der Waals surface area contributed by atoms with E-state index < -0.39 is 17.5 Å². The van der Waals surface area contributed by atoms with Gasteiger partial charge in [-0.3, -0.25) is 14.5 Å². The fourth-order valence-electron chi connectivity index (χ4n) is 2.62. The highest BCUT2D eigenvalue weighted by atomic mass is 16.5. The first-order chi connectivity index (χ1) is 10.8. The molecule has 1 aromatic rings. The average Bonchev–Trinajstić information content (AvgIpc) is 2.72. The van der Waals surface area contributed by atoms with Gasteiger partial charge in [0.25, 0.3) is 5.91 Å². The van der Waals surface area contributed by atoms with E-state index in [2.05, 4.69) is 10.6 Å². The first-order valence-electron chi connectivity index (χ1n) is 7.39. The molecule has 7 heteroatoms. The second-order valence-corrected chi connectivity index (χ2v) is 5.58. The van der Waals surface area contributed by atoms with Gasteiger partial charge >= 0.3 is 6.03 Å². The maximum absolute atomic E-state index is 12.7. The Labute approximate surface area is 135 Å². The van der Waals surface area contributed by atoms with E-state index in [0.717, 1.165) is 10.5 Å². The van der Waals surface area contributed by atoms with Crippen LogP contribution in [0.3, 0.4) is 0 Å². The van der Waals surface area contributed by atoms with Crippen molar-refractivity contribution in [1.29, 1.82) is 0 Å². The third-order valence-electron chi connectivity index (χ3n) is 3.92. The van der Waals surface area contributed by atoms with Gasteiger partial charge in [-0.1, -0.05) is 6.07 Å². The number of urea groups is 1. The Hall–Kier alpha value is -2.57. The van der Waals surface area contributed by atoms with Crippen LogP contribution >= 0.6 is 0 Å². The first kappa shape index (κ1) is 16.8. The molecule has 1 aliphatic rings. The van der Waals surface area contributed by atoms with Gasteiger partial charge in [0.2, 0.25) is 5.91 Å². The van der Waals surface area contributed by atoms with Crippen LogP contribution in [0.5, 0.6) is 5.75 Å². The summed E-state index contributed by atoms with van der Waals surface area (Å²) in [5, 5.41) is 5.25. The van der Waals surface area contributed by atoms with E-state index in [1.165, 1.54) is 0 Å². The number of carbonyl (C=O) groups excluding carboxylic acids is 3. The molecule has 0 radical (unpaired) electrons. The van der Waals surface area contributed by atoms with Crippen molar-refractivity contribution in [3.05, 3.63) is 29.3 Å². The molecule has 1 unspecified atom stereocenters. The second kappa shape index (κ2) is 6.28. The monoisotopic (exact) mass is 319 g/mol. The molecule has 2 N–H and O–H groups in total. The van der Waals surface area contributed by atoms with Gasteiger partial charge in [0, 0.05) is 6.54 Å². The van der Waals surface area contributed by atoms with Crippen molar-refractivity contribution in [3.8, 4) is 5.75 Å². The van der Waals surface area contributed by atoms with Crippen LogP contribution in [0.15, 0.2) is 18.2 Å². The van der Waals surface area contributed by atoms with Crippen molar-refractivity contribution >= 4 is 17.8 Å². The number of nitrogens with one attached hydrogen (secondary N) is 2. The van der Waals surface area contributed by atoms with Crippen LogP contribution < -0.4 is 15.4 Å². The van der Waals surface area contributed by atoms with Gasteiger partial charge in [-0.25, -0.2) is 4.79 Å². The number of amides is 4. The maximum atomic E-state index is 12.7. The number of benzene rings is 1. The van der Waals surface area contributed by atoms with Crippen LogP contribution in [0.4, 0.5) is 4.79 Å². The van der Waals surface area contributed by atoms with Gasteiger partial charge in [0.05, 0.1) is 7.11 Å². The normalized spacial score (nSPS) is 20.4. The molecule has 1 saturated heterocycles. The smallest absolute Gasteiger partial charge is 0.325 e. The van der Waals surface area contributed by atoms with Gasteiger partial charge in [0.15, 0.2) is 0 Å². The predicted octanol–water partition coefficient (Wildman–Crippen LogP) is 0.907. The number of ether oxygens (including phenoxy) is 1. The van der Waals surface area contributed by atoms with Crippen LogP contribution in [0.25, 0.3) is 0 Å². The van der Waals surface area contributed by atoms with E-state index in [-0.39, 0.29) is 12.5 Å². The Balaban J connectivity index is 2.29. The minimum Gasteiger partial charge on any atom is -0.496 e. The van der Waals surface area contributed by atoms with Crippen molar-refractivity contribution in [1.82, 2.24) is 15.5 Å². The second-order valence-electron chi connectivity index (χ2n) is 5.58. The first-order valence-corrected chi connectivity index (χ1v) is 7.39. The average molecular weight is 319 g/mol. The zero-order valence-corrected chi connectivity index (χ0v) is 13.7. The summed E-state index contributed by atoms with van der Waals surface area (Å²) < 4.78 is 5.21. The summed E-state index contributed by atoms with van der Waals surface area (Å²) in [4.78, 5) is 37.4. The summed E-state index contributed by atoms with van der Waals surface area (Å²) in [6.45, 7) is 5.42. The molecule has 0 bridgehead atoms. The van der Waals surface area contributed by atoms with Crippen LogP contribution in [-0.4, -0.2) is 42.9 Å². The van der Waals surface area contributed by atoms with Crippen LogP contribution in [0.2, 0.25) is 0 Å². The molecule has 1 heterocycles. The molecule has 4 amide bonds. The van der Waals surface area contributed by atoms with Crippen molar-refractivity contribution < 1.29 is 19.1 Å². The fraction of sp³-hybridized carbons (Fsp3) is 0.438. The Morgan fingerprint density at radius 1 is 1.39 bits per heavy atom. The lowest BCUT2D eigenvalue weighted by Crippen LogP contribution is -2.43. The number of methoxy groups -OCH3 is 1. The van der Waals surface area contributed by atoms with Crippen molar-refractivity contribution in [3.63, 3.8) is 0 Å². The summed E-state index contributed by atoms with van der Waals surface area (Å²) in [5.41, 5.74) is 0.309. The highest BCUT2D eigenvalue weighted by Crippen LogP contribution is 2.31. The fourth-order valence-corrected chi connectivity index (χ4v) is 2.62. The standard InChI is InChI=1S/C16H21N3O4/c1-5-17-13(20)9-19-14(21)16(3,18-15(19)22)11-6-7-12(23-4)10(2)8-11/h6-8H,5,9H2,1-4H3,(H,17,20)(H,18,22). The third-order valence-corrected chi connectivity index (χ3v) is 3.92. The van der Waals surface area contributed by atoms with Gasteiger partial charge in [-0.2, -0.15) is 0 Å². The molecule has 2 rings (SSSR count). The molecule has 23 heavy (non-hydrogen) atoms. The Bertz CT molecular complexity index is 659. The van der Waals surface area contributed by atoms with Crippen LogP contribution in [-0.2, 0) is 15.1 Å². The van der Waals surface area contributed by atoms with Crippen LogP contribution in [0, 0.1) is 6.92 Å². The molecule has 124 valence electrons. The lowest BCUT2D eigenvalue weighted by Gasteiger charge is -2.23. The number of nitrogens with zero attached hydrogens (tertiary/aromatic N) is 1. The molecule has 0 spiro atoms. The molecule has 0 aromatic heterocycles. The lowest BCUT2D eigenvalue weighted by molar-refractivity contribution is -0.134. The SMILES string of the molecule is CCNC(=O)CN1C(=O)NC(C)(c2ccc(OC)c(C)c2)C1=O. The number of imide groups is 1. The minimum absolute atomic E-state index is 0.288. The Morgan fingerprint density at radius 2 is 2.09 bits per heavy atom. The number of likely N-dealkylation sites (N-methyl/N-ethyl adjacent to an activating group) is 1. The van der Waals surface area contributed by atoms with E-state index in [1.807, 2.05) is 6.92 Å². The summed E-state index contributed by atoms with van der Waals surface area (Å²) in [6, 6.07) is 4.71. The van der Waals surface area contributed by atoms with Gasteiger partial charge in [-0.15, -0.1) is 0 Å². The largest absolute Gasteiger partial charge is 0.496 e. The van der Waals surface area contributed by atoms with Gasteiger partial charge in [-0.05, 0) is 44.0 Å². The molecule has 1 fully saturated rings. The highest BCUT2D eigenvalue weighted by Gasteiger charge is 2.49. The van der Waals surface area contributed by atoms with Crippen molar-refractivity contribution in [2.45, 2.75) is 26.3 Å². The molecular weight excluding hydrogens is 298 g/mol. The lowest BCUT2D eigenvalue weighted by atomic mass is 9.90. The highest BCUT2D eigenvalue weighted by molar-refractivity contribution is 6.09. The number of carbonyl (C=O) groups is 3. The predicted molar refractivity (Wildman–Crippen MR) is 84.0 cm³/mol. The number of aryl methyl sites for hydroxylation is 1. The maximum Gasteiger partial charge on any atom is 0.325 e. The third kappa shape index (κ3) is 2.99. The van der Waals surface area contributed by atoms with Crippen LogP contribution in [0.1, 0.15) is 25.0 Å². The zero-order valence-electron chi connectivity index (χ0n) is 13.7. The molecule has 1 atom stereocenters. The van der Waals surface area contributed by atoms with E-state index in [0.29, 0.717) is 17.9 Å². The number of hydrogen-bond donors (Lipinski definition) is 2. The Morgan fingerprint density at radius 3 is 2.65 bits per heavy atom. The van der Waals surface area contributed by atoms with E-state index in [1.54, 1.807) is 39.2 Å². The van der Waals surface area contributed by atoms with Gasteiger partial charge in [0.1, 0.15) is 17.8 Å². The van der Waals surface area contributed by atoms with Crippen molar-refractivity contribution in [2.24, 2.45) is 0 Å². The topological polar surface area (TPSA) is 87.7 Å². The molecule has 0 aliphatic carbocycles. The summed E-state index contributed by atoms with van der Waals surface area (Å²) >= 11 is 0. The minimum atomic E-state index is -1.19. The Kier molecular flexibility index (Phi) is 4.58. The quantitative estimate of drug-likeness (QED) is 0.790. The van der Waals surface area contributed by atoms with Gasteiger partial charge < -0.3 is 15.4 Å². The summed E-state index contributed by atoms with van der Waals surface area (Å²) in [6.07, 6.45) is 0. The molecule has 0 saturated carbocycles. The van der Waals surface area contributed by atoms with E-state index in [9.17, 15) is 14.4 Å². The van der Waals surface area contributed by atoms with E-state index >= 15 is 0 Å². The summed E-state index contributed by atoms with van der Waals surface area (Å²) in [5.74, 6) is -0.113. The van der Waals surface area contributed by atoms with E-state index in [4.69, 9.17) is 4.74 Å². The molecular formula is C16H21N3O4. The molecule has 1 aliphatic heterocycles. The molecule has 7 nitrogen and oxygen atoms in total. The number of rotatable bonds is 5. The summed E-state index contributed by atoms with van der Waals surface area (Å²) in [7, 11) is 1.57.